The predicted octanol–water partition coefficient (Wildman–Crippen LogP) is 4.11. The molecule has 1 amide bonds. The lowest BCUT2D eigenvalue weighted by atomic mass is 9.90. The average molecular weight is 411 g/mol. The summed E-state index contributed by atoms with van der Waals surface area (Å²) < 4.78 is 28.5. The second-order valence-corrected chi connectivity index (χ2v) is 7.89. The van der Waals surface area contributed by atoms with E-state index in [4.69, 9.17) is 12.2 Å². The van der Waals surface area contributed by atoms with Gasteiger partial charge in [-0.3, -0.25) is 15.6 Å². The van der Waals surface area contributed by atoms with Gasteiger partial charge in [0.25, 0.3) is 5.91 Å². The van der Waals surface area contributed by atoms with Crippen molar-refractivity contribution in [2.45, 2.75) is 32.8 Å². The zero-order valence-corrected chi connectivity index (χ0v) is 16.2. The highest BCUT2D eigenvalue weighted by Crippen LogP contribution is 2.32. The van der Waals surface area contributed by atoms with Crippen LogP contribution < -0.4 is 20.9 Å². The van der Waals surface area contributed by atoms with E-state index in [1.807, 2.05) is 6.07 Å². The van der Waals surface area contributed by atoms with E-state index in [2.05, 4.69) is 27.8 Å². The van der Waals surface area contributed by atoms with Crippen molar-refractivity contribution < 1.29 is 18.3 Å². The maximum Gasteiger partial charge on any atom is 0.387 e. The van der Waals surface area contributed by atoms with Crippen molar-refractivity contribution >= 4 is 40.3 Å². The zero-order valence-electron chi connectivity index (χ0n) is 14.6. The number of nitrogens with one attached hydrogen (secondary N) is 3. The third kappa shape index (κ3) is 5.36. The van der Waals surface area contributed by atoms with Crippen molar-refractivity contribution in [2.24, 2.45) is 5.92 Å². The Morgan fingerprint density at radius 1 is 1.30 bits per heavy atom. The van der Waals surface area contributed by atoms with E-state index in [0.29, 0.717) is 16.5 Å². The monoisotopic (exact) mass is 411 g/mol. The van der Waals surface area contributed by atoms with E-state index in [1.54, 1.807) is 12.1 Å². The van der Waals surface area contributed by atoms with Crippen LogP contribution in [0.4, 0.5) is 14.5 Å². The van der Waals surface area contributed by atoms with E-state index in [0.717, 1.165) is 19.3 Å². The largest absolute Gasteiger partial charge is 0.435 e. The number of hydrogen-bond acceptors (Lipinski definition) is 4. The molecule has 5 nitrogen and oxygen atoms in total. The number of hydrazine groups is 1. The molecular formula is C18H19F2N3O2S2. The molecule has 0 aliphatic heterocycles. The number of aryl methyl sites for hydroxylation is 1. The van der Waals surface area contributed by atoms with Gasteiger partial charge in [0.15, 0.2) is 5.11 Å². The van der Waals surface area contributed by atoms with Crippen LogP contribution in [-0.4, -0.2) is 17.6 Å². The van der Waals surface area contributed by atoms with E-state index >= 15 is 0 Å². The molecule has 0 saturated carbocycles. The van der Waals surface area contributed by atoms with Gasteiger partial charge in [-0.15, -0.1) is 11.3 Å². The van der Waals surface area contributed by atoms with E-state index < -0.39 is 6.61 Å². The molecule has 2 aromatic rings. The molecule has 0 bridgehead atoms. The van der Waals surface area contributed by atoms with Gasteiger partial charge in [-0.05, 0) is 73.3 Å². The molecular weight excluding hydrogens is 392 g/mol. The number of amides is 1. The smallest absolute Gasteiger partial charge is 0.387 e. The number of thiophene rings is 1. The summed E-state index contributed by atoms with van der Waals surface area (Å²) in [6.45, 7) is -0.647. The van der Waals surface area contributed by atoms with E-state index in [-0.39, 0.29) is 16.8 Å². The fourth-order valence-electron chi connectivity index (χ4n) is 2.87. The first-order chi connectivity index (χ1) is 12.9. The number of fused-ring (bicyclic) bond motifs is 1. The van der Waals surface area contributed by atoms with Crippen molar-refractivity contribution in [2.75, 3.05) is 5.32 Å². The lowest BCUT2D eigenvalue weighted by Gasteiger charge is -2.16. The molecule has 1 aromatic heterocycles. The van der Waals surface area contributed by atoms with Gasteiger partial charge in [0.05, 0.1) is 4.88 Å². The first-order valence-corrected chi connectivity index (χ1v) is 9.67. The number of carbonyl (C=O) groups is 1. The van der Waals surface area contributed by atoms with Crippen LogP contribution in [0.5, 0.6) is 5.75 Å². The number of carbonyl (C=O) groups excluding carboxylic acids is 1. The Kier molecular flexibility index (Phi) is 6.22. The van der Waals surface area contributed by atoms with Gasteiger partial charge in [0.1, 0.15) is 5.75 Å². The summed E-state index contributed by atoms with van der Waals surface area (Å²) in [5.74, 6) is 0.459. The average Bonchev–Trinajstić information content (AvgIpc) is 3.04. The molecule has 1 aliphatic rings. The van der Waals surface area contributed by atoms with Crippen LogP contribution in [0.15, 0.2) is 30.3 Å². The summed E-state index contributed by atoms with van der Waals surface area (Å²) in [6, 6.07) is 7.83. The van der Waals surface area contributed by atoms with Crippen LogP contribution in [0.2, 0.25) is 0 Å². The Hall–Kier alpha value is -2.26. The number of hydrogen-bond donors (Lipinski definition) is 3. The number of ether oxygens (including phenoxy) is 1. The van der Waals surface area contributed by atoms with Gasteiger partial charge in [-0.1, -0.05) is 6.92 Å². The minimum atomic E-state index is -2.87. The molecule has 1 heterocycles. The van der Waals surface area contributed by atoms with Crippen molar-refractivity contribution in [3.8, 4) is 5.75 Å². The number of alkyl halides is 2. The first-order valence-electron chi connectivity index (χ1n) is 8.44. The number of anilines is 1. The molecule has 9 heteroatoms. The number of thiocarbonyl (C=S) groups is 1. The van der Waals surface area contributed by atoms with E-state index in [1.165, 1.54) is 33.9 Å². The molecule has 0 unspecified atom stereocenters. The summed E-state index contributed by atoms with van der Waals surface area (Å²) >= 11 is 6.64. The van der Waals surface area contributed by atoms with Crippen LogP contribution in [-0.2, 0) is 12.8 Å². The SMILES string of the molecule is C[C@H]1CCc2sc(C(=O)NNC(=S)Nc3ccc(OC(F)F)cc3)cc2C1. The van der Waals surface area contributed by atoms with Gasteiger partial charge < -0.3 is 10.1 Å². The fraction of sp³-hybridized carbons (Fsp3) is 0.333. The van der Waals surface area contributed by atoms with Gasteiger partial charge in [-0.25, -0.2) is 0 Å². The maximum absolute atomic E-state index is 12.3. The van der Waals surface area contributed by atoms with Gasteiger partial charge in [-0.2, -0.15) is 8.78 Å². The Morgan fingerprint density at radius 2 is 2.04 bits per heavy atom. The number of rotatable bonds is 4. The number of benzene rings is 1. The first kappa shape index (κ1) is 19.5. The minimum Gasteiger partial charge on any atom is -0.435 e. The van der Waals surface area contributed by atoms with Crippen molar-refractivity contribution in [1.29, 1.82) is 0 Å². The molecule has 27 heavy (non-hydrogen) atoms. The molecule has 0 fully saturated rings. The molecule has 1 atom stereocenters. The summed E-state index contributed by atoms with van der Waals surface area (Å²) in [6.07, 6.45) is 3.19. The van der Waals surface area contributed by atoms with E-state index in [9.17, 15) is 13.6 Å². The third-order valence-electron chi connectivity index (χ3n) is 4.18. The molecule has 0 spiro atoms. The highest BCUT2D eigenvalue weighted by atomic mass is 32.1. The normalized spacial score (nSPS) is 15.8. The zero-order chi connectivity index (χ0) is 19.4. The van der Waals surface area contributed by atoms with Crippen LogP contribution in [0.1, 0.15) is 33.5 Å². The Morgan fingerprint density at radius 3 is 2.74 bits per heavy atom. The molecule has 144 valence electrons. The van der Waals surface area contributed by atoms with Gasteiger partial charge in [0, 0.05) is 10.6 Å². The summed E-state index contributed by atoms with van der Waals surface area (Å²) in [4.78, 5) is 14.2. The molecule has 1 aromatic carbocycles. The van der Waals surface area contributed by atoms with Gasteiger partial charge >= 0.3 is 6.61 Å². The number of halogens is 2. The van der Waals surface area contributed by atoms with Crippen molar-refractivity contribution in [3.63, 3.8) is 0 Å². The quantitative estimate of drug-likeness (QED) is 0.522. The van der Waals surface area contributed by atoms with Crippen LogP contribution in [0, 0.1) is 5.92 Å². The van der Waals surface area contributed by atoms with Crippen molar-refractivity contribution in [3.05, 3.63) is 45.6 Å². The second kappa shape index (κ2) is 8.62. The summed E-state index contributed by atoms with van der Waals surface area (Å²) in [5.41, 5.74) is 7.05. The molecule has 1 aliphatic carbocycles. The Bertz CT molecular complexity index is 825. The maximum atomic E-state index is 12.3. The topological polar surface area (TPSA) is 62.4 Å². The summed E-state index contributed by atoms with van der Waals surface area (Å²) in [5, 5.41) is 3.03. The highest BCUT2D eigenvalue weighted by Gasteiger charge is 2.20. The Balaban J connectivity index is 1.49. The lowest BCUT2D eigenvalue weighted by molar-refractivity contribution is -0.0498. The second-order valence-electron chi connectivity index (χ2n) is 6.34. The third-order valence-corrected chi connectivity index (χ3v) is 5.62. The molecule has 3 rings (SSSR count). The van der Waals surface area contributed by atoms with Crippen LogP contribution >= 0.6 is 23.6 Å². The minimum absolute atomic E-state index is 0.0544. The highest BCUT2D eigenvalue weighted by molar-refractivity contribution is 7.80. The standard InChI is InChI=1S/C18H19F2N3O2S2/c1-10-2-7-14-11(8-10)9-15(27-14)16(24)22-23-18(26)21-12-3-5-13(6-4-12)25-17(19)20/h3-6,9-10,17H,2,7-8H2,1H3,(H,22,24)(H2,21,23,26)/t10-/m0/s1. The van der Waals surface area contributed by atoms with Crippen molar-refractivity contribution in [1.82, 2.24) is 10.9 Å². The molecule has 3 N–H and O–H groups in total. The molecule has 0 saturated heterocycles. The van der Waals surface area contributed by atoms with Crippen LogP contribution in [0.3, 0.4) is 0 Å². The predicted molar refractivity (Wildman–Crippen MR) is 105 cm³/mol. The lowest BCUT2D eigenvalue weighted by Crippen LogP contribution is -2.43. The Labute approximate surface area is 165 Å². The fourth-order valence-corrected chi connectivity index (χ4v) is 4.15. The summed E-state index contributed by atoms with van der Waals surface area (Å²) in [7, 11) is 0. The molecule has 0 radical (unpaired) electrons. The van der Waals surface area contributed by atoms with Gasteiger partial charge in [0.2, 0.25) is 0 Å². The van der Waals surface area contributed by atoms with Crippen LogP contribution in [0.25, 0.3) is 0 Å².